The van der Waals surface area contributed by atoms with Crippen molar-refractivity contribution in [2.45, 2.75) is 25.4 Å². The number of nitrogens with one attached hydrogen (secondary N) is 1. The summed E-state index contributed by atoms with van der Waals surface area (Å²) in [7, 11) is 1.96. The number of amides is 1. The van der Waals surface area contributed by atoms with E-state index in [-0.39, 0.29) is 12.0 Å². The van der Waals surface area contributed by atoms with Gasteiger partial charge in [-0.1, -0.05) is 54.6 Å². The van der Waals surface area contributed by atoms with E-state index in [2.05, 4.69) is 58.1 Å². The fourth-order valence-corrected chi connectivity index (χ4v) is 5.14. The fraction of sp³-hybridized carbons (Fsp3) is 0.393. The van der Waals surface area contributed by atoms with E-state index in [9.17, 15) is 4.79 Å². The van der Waals surface area contributed by atoms with Crippen molar-refractivity contribution in [3.05, 3.63) is 88.1 Å². The van der Waals surface area contributed by atoms with Crippen LogP contribution in [0.25, 0.3) is 0 Å². The Morgan fingerprint density at radius 2 is 1.76 bits per heavy atom. The van der Waals surface area contributed by atoms with Crippen molar-refractivity contribution in [1.82, 2.24) is 15.1 Å². The van der Waals surface area contributed by atoms with Gasteiger partial charge in [-0.3, -0.25) is 9.69 Å². The van der Waals surface area contributed by atoms with E-state index in [1.807, 2.05) is 36.2 Å². The molecular formula is C28H35N3O2S. The Labute approximate surface area is 207 Å². The topological polar surface area (TPSA) is 44.8 Å². The zero-order chi connectivity index (χ0) is 23.6. The average Bonchev–Trinajstić information content (AvgIpc) is 3.42. The van der Waals surface area contributed by atoms with Crippen molar-refractivity contribution in [1.29, 1.82) is 0 Å². The minimum Gasteiger partial charge on any atom is -0.485 e. The molecular weight excluding hydrogens is 442 g/mol. The lowest BCUT2D eigenvalue weighted by atomic mass is 10.1. The molecule has 0 bridgehead atoms. The van der Waals surface area contributed by atoms with Crippen LogP contribution < -0.4 is 10.1 Å². The quantitative estimate of drug-likeness (QED) is 0.444. The highest BCUT2D eigenvalue weighted by atomic mass is 32.1. The first kappa shape index (κ1) is 24.5. The number of piperazine rings is 1. The normalized spacial score (nSPS) is 15.3. The Hall–Kier alpha value is -2.67. The predicted octanol–water partition coefficient (Wildman–Crippen LogP) is 4.41. The van der Waals surface area contributed by atoms with Crippen LogP contribution in [0.5, 0.6) is 5.75 Å². The Balaban J connectivity index is 1.31. The maximum Gasteiger partial charge on any atom is 0.227 e. The van der Waals surface area contributed by atoms with Crippen LogP contribution in [-0.4, -0.2) is 62.0 Å². The molecule has 6 heteroatoms. The van der Waals surface area contributed by atoms with Gasteiger partial charge in [0.05, 0.1) is 6.42 Å². The fourth-order valence-electron chi connectivity index (χ4n) is 4.35. The number of carbonyl (C=O) groups is 1. The first-order valence-corrected chi connectivity index (χ1v) is 13.1. The maximum absolute atomic E-state index is 13.1. The number of hydrogen-bond acceptors (Lipinski definition) is 5. The smallest absolute Gasteiger partial charge is 0.227 e. The summed E-state index contributed by atoms with van der Waals surface area (Å²) in [6, 6.07) is 22.8. The summed E-state index contributed by atoms with van der Waals surface area (Å²) in [5, 5.41) is 5.30. The molecule has 0 saturated carbocycles. The number of thiophene rings is 1. The van der Waals surface area contributed by atoms with Crippen LogP contribution >= 0.6 is 11.3 Å². The summed E-state index contributed by atoms with van der Waals surface area (Å²) >= 11 is 1.71. The van der Waals surface area contributed by atoms with Crippen molar-refractivity contribution in [2.24, 2.45) is 0 Å². The number of para-hydroxylation sites is 1. The second-order valence-electron chi connectivity index (χ2n) is 8.76. The lowest BCUT2D eigenvalue weighted by Crippen LogP contribution is -2.49. The molecule has 0 radical (unpaired) electrons. The molecule has 3 aromatic rings. The van der Waals surface area contributed by atoms with Gasteiger partial charge in [0.15, 0.2) is 0 Å². The van der Waals surface area contributed by atoms with E-state index in [1.165, 1.54) is 10.4 Å². The lowest BCUT2D eigenvalue weighted by Gasteiger charge is -2.35. The molecule has 1 fully saturated rings. The van der Waals surface area contributed by atoms with Gasteiger partial charge in [0.2, 0.25) is 5.91 Å². The average molecular weight is 478 g/mol. The monoisotopic (exact) mass is 477 g/mol. The standard InChI is InChI=1S/C28H35N3O2S/c1-29-15-13-26(27-12-7-21-34-27)33-25-11-6-5-10-24(25)22-28(32)31-19-17-30(18-20-31)16-14-23-8-3-2-4-9-23/h2-12,21,26,29H,13-20,22H2,1H3. The molecule has 1 aliphatic heterocycles. The number of rotatable bonds is 11. The highest BCUT2D eigenvalue weighted by molar-refractivity contribution is 7.10. The first-order valence-electron chi connectivity index (χ1n) is 12.2. The zero-order valence-electron chi connectivity index (χ0n) is 20.0. The molecule has 180 valence electrons. The first-order chi connectivity index (χ1) is 16.7. The molecule has 34 heavy (non-hydrogen) atoms. The van der Waals surface area contributed by atoms with Crippen molar-refractivity contribution in [3.63, 3.8) is 0 Å². The van der Waals surface area contributed by atoms with Gasteiger partial charge in [0, 0.05) is 49.6 Å². The summed E-state index contributed by atoms with van der Waals surface area (Å²) < 4.78 is 6.46. The second kappa shape index (κ2) is 12.7. The van der Waals surface area contributed by atoms with Crippen LogP contribution in [0.15, 0.2) is 72.1 Å². The summed E-state index contributed by atoms with van der Waals surface area (Å²) in [5.41, 5.74) is 2.33. The van der Waals surface area contributed by atoms with Gasteiger partial charge in [-0.25, -0.2) is 0 Å². The van der Waals surface area contributed by atoms with E-state index in [0.717, 1.165) is 63.4 Å². The Kier molecular flexibility index (Phi) is 9.13. The molecule has 1 aromatic heterocycles. The van der Waals surface area contributed by atoms with E-state index in [1.54, 1.807) is 11.3 Å². The molecule has 1 aliphatic rings. The van der Waals surface area contributed by atoms with Crippen LogP contribution in [-0.2, 0) is 17.6 Å². The number of carbonyl (C=O) groups excluding carboxylic acids is 1. The van der Waals surface area contributed by atoms with E-state index >= 15 is 0 Å². The van der Waals surface area contributed by atoms with Gasteiger partial charge in [0.1, 0.15) is 11.9 Å². The zero-order valence-corrected chi connectivity index (χ0v) is 20.8. The van der Waals surface area contributed by atoms with Crippen LogP contribution in [0.4, 0.5) is 0 Å². The highest BCUT2D eigenvalue weighted by Gasteiger charge is 2.23. The largest absolute Gasteiger partial charge is 0.485 e. The molecule has 1 unspecified atom stereocenters. The number of ether oxygens (including phenoxy) is 1. The van der Waals surface area contributed by atoms with Crippen LogP contribution in [0.2, 0.25) is 0 Å². The molecule has 0 aliphatic carbocycles. The molecule has 0 spiro atoms. The number of hydrogen-bond donors (Lipinski definition) is 1. The molecule has 4 rings (SSSR count). The van der Waals surface area contributed by atoms with Crippen molar-refractivity contribution >= 4 is 17.2 Å². The molecule has 2 aromatic carbocycles. The Bertz CT molecular complexity index is 1000. The van der Waals surface area contributed by atoms with Crippen LogP contribution in [0.1, 0.15) is 28.5 Å². The third-order valence-corrected chi connectivity index (χ3v) is 7.35. The lowest BCUT2D eigenvalue weighted by molar-refractivity contribution is -0.132. The summed E-state index contributed by atoms with van der Waals surface area (Å²) in [6.07, 6.45) is 2.29. The Morgan fingerprint density at radius 3 is 2.50 bits per heavy atom. The van der Waals surface area contributed by atoms with E-state index < -0.39 is 0 Å². The maximum atomic E-state index is 13.1. The van der Waals surface area contributed by atoms with Gasteiger partial charge in [-0.2, -0.15) is 0 Å². The van der Waals surface area contributed by atoms with Crippen molar-refractivity contribution in [3.8, 4) is 5.75 Å². The van der Waals surface area contributed by atoms with Crippen LogP contribution in [0.3, 0.4) is 0 Å². The third kappa shape index (κ3) is 6.92. The SMILES string of the molecule is CNCCC(Oc1ccccc1CC(=O)N1CCN(CCc2ccccc2)CC1)c1cccs1. The predicted molar refractivity (Wildman–Crippen MR) is 140 cm³/mol. The molecule has 1 amide bonds. The van der Waals surface area contributed by atoms with Crippen LogP contribution in [0, 0.1) is 0 Å². The van der Waals surface area contributed by atoms with E-state index in [4.69, 9.17) is 4.74 Å². The number of benzene rings is 2. The molecule has 1 N–H and O–H groups in total. The molecule has 5 nitrogen and oxygen atoms in total. The minimum absolute atomic E-state index is 0.0168. The van der Waals surface area contributed by atoms with Gasteiger partial charge in [-0.15, -0.1) is 11.3 Å². The van der Waals surface area contributed by atoms with E-state index in [0.29, 0.717) is 6.42 Å². The minimum atomic E-state index is -0.0168. The summed E-state index contributed by atoms with van der Waals surface area (Å²) in [4.78, 5) is 18.8. The molecule has 1 saturated heterocycles. The van der Waals surface area contributed by atoms with Gasteiger partial charge < -0.3 is 15.0 Å². The molecule has 1 atom stereocenters. The van der Waals surface area contributed by atoms with Crippen molar-refractivity contribution in [2.75, 3.05) is 46.3 Å². The summed E-state index contributed by atoms with van der Waals surface area (Å²) in [6.45, 7) is 5.35. The van der Waals surface area contributed by atoms with Crippen molar-refractivity contribution < 1.29 is 9.53 Å². The van der Waals surface area contributed by atoms with Gasteiger partial charge in [-0.05, 0) is 43.1 Å². The number of nitrogens with zero attached hydrogens (tertiary/aromatic N) is 2. The van der Waals surface area contributed by atoms with Gasteiger partial charge in [0.25, 0.3) is 0 Å². The summed E-state index contributed by atoms with van der Waals surface area (Å²) in [5.74, 6) is 0.994. The third-order valence-electron chi connectivity index (χ3n) is 6.39. The van der Waals surface area contributed by atoms with Gasteiger partial charge >= 0.3 is 0 Å². The molecule has 2 heterocycles. The highest BCUT2D eigenvalue weighted by Crippen LogP contribution is 2.30. The second-order valence-corrected chi connectivity index (χ2v) is 9.74. The Morgan fingerprint density at radius 1 is 1.00 bits per heavy atom.